The number of nitrogens with one attached hydrogen (secondary N) is 1. The van der Waals surface area contributed by atoms with Gasteiger partial charge in [0.15, 0.2) is 0 Å². The van der Waals surface area contributed by atoms with E-state index in [1.165, 1.54) is 38.7 Å². The molecule has 13 heteroatoms. The largest absolute Gasteiger partial charge is 0.480 e. The van der Waals surface area contributed by atoms with Crippen LogP contribution >= 0.6 is 0 Å². The average molecular weight is 464 g/mol. The second-order valence-corrected chi connectivity index (χ2v) is 9.52. The molecule has 2 aliphatic rings. The van der Waals surface area contributed by atoms with Gasteiger partial charge < -0.3 is 20.5 Å². The number of halogens is 1. The Kier molecular flexibility index (Phi) is 5.25. The van der Waals surface area contributed by atoms with Crippen LogP contribution in [0.3, 0.4) is 0 Å². The predicted molar refractivity (Wildman–Crippen MR) is 112 cm³/mol. The van der Waals surface area contributed by atoms with Crippen LogP contribution in [0, 0.1) is 5.82 Å². The molecule has 1 aromatic heterocycles. The first-order valence-corrected chi connectivity index (χ1v) is 11.0. The van der Waals surface area contributed by atoms with Crippen LogP contribution in [0.2, 0.25) is 0 Å². The number of amides is 1. The number of hydrogen-bond donors (Lipinski definition) is 2. The zero-order valence-electron chi connectivity index (χ0n) is 17.4. The second-order valence-electron chi connectivity index (χ2n) is 7.44. The molecule has 1 fully saturated rings. The third-order valence-electron chi connectivity index (χ3n) is 5.56. The lowest BCUT2D eigenvalue weighted by Gasteiger charge is -2.39. The Morgan fingerprint density at radius 1 is 1.38 bits per heavy atom. The lowest BCUT2D eigenvalue weighted by atomic mass is 9.86. The average Bonchev–Trinajstić information content (AvgIpc) is 3.11. The molecule has 2 aliphatic heterocycles. The number of ether oxygens (including phenoxy) is 2. The number of anilines is 1. The maximum absolute atomic E-state index is 15.0. The van der Waals surface area contributed by atoms with E-state index in [0.29, 0.717) is 0 Å². The maximum atomic E-state index is 15.0. The highest BCUT2D eigenvalue weighted by molar-refractivity contribution is 7.90. The molecule has 4 rings (SSSR count). The van der Waals surface area contributed by atoms with Gasteiger partial charge in [-0.25, -0.2) is 32.1 Å². The Morgan fingerprint density at radius 3 is 2.78 bits per heavy atom. The Morgan fingerprint density at radius 2 is 2.12 bits per heavy atom. The fraction of sp³-hybridized carbons (Fsp3) is 0.368. The van der Waals surface area contributed by atoms with Crippen LogP contribution in [0.4, 0.5) is 10.1 Å². The molecular formula is C19H21FN6O5S. The number of aliphatic imine (C=N–C) groups is 1. The predicted octanol–water partition coefficient (Wildman–Crippen LogP) is 0.449. The molecule has 11 nitrogen and oxygen atoms in total. The fourth-order valence-corrected chi connectivity index (χ4v) is 5.88. The molecule has 3 heterocycles. The van der Waals surface area contributed by atoms with Gasteiger partial charge in [-0.05, 0) is 25.1 Å². The van der Waals surface area contributed by atoms with Crippen molar-refractivity contribution in [2.24, 2.45) is 10.7 Å². The van der Waals surface area contributed by atoms with E-state index in [1.54, 1.807) is 6.92 Å². The highest BCUT2D eigenvalue weighted by Gasteiger charge is 2.61. The van der Waals surface area contributed by atoms with Crippen molar-refractivity contribution >= 4 is 27.6 Å². The molecule has 0 unspecified atom stereocenters. The standard InChI is InChI=1S/C19H21FN6O5S/c1-10-16-19(9-31-10,25-18(21)26(2)32(16,28)29)12-6-11(4-5-13(12)20)24-17(27)14-7-23-15(30-3)8-22-14/h4-8,10,16H,9H2,1-3H3,(H2,21,25)(H,24,27)/t10-,16-,19+/m0/s1. The number of fused-ring (bicyclic) bond motifs is 1. The summed E-state index contributed by atoms with van der Waals surface area (Å²) in [7, 11) is -1.27. The van der Waals surface area contributed by atoms with Crippen LogP contribution in [0.25, 0.3) is 0 Å². The van der Waals surface area contributed by atoms with Crippen molar-refractivity contribution < 1.29 is 27.1 Å². The quantitative estimate of drug-likeness (QED) is 0.662. The summed E-state index contributed by atoms with van der Waals surface area (Å²) in [6, 6.07) is 3.79. The summed E-state index contributed by atoms with van der Waals surface area (Å²) in [5.41, 5.74) is 4.44. The second kappa shape index (κ2) is 7.67. The van der Waals surface area contributed by atoms with E-state index >= 15 is 4.39 Å². The van der Waals surface area contributed by atoms with Crippen molar-refractivity contribution in [1.29, 1.82) is 0 Å². The molecule has 0 aliphatic carbocycles. The summed E-state index contributed by atoms with van der Waals surface area (Å²) in [6.45, 7) is 1.39. The smallest absolute Gasteiger partial charge is 0.275 e. The maximum Gasteiger partial charge on any atom is 0.275 e. The number of methoxy groups -OCH3 is 1. The Hall–Kier alpha value is -3.32. The minimum absolute atomic E-state index is 0.00895. The number of sulfonamides is 1. The Bertz CT molecular complexity index is 1210. The van der Waals surface area contributed by atoms with Crippen molar-refractivity contribution in [3.05, 3.63) is 47.7 Å². The lowest BCUT2D eigenvalue weighted by Crippen LogP contribution is -2.58. The molecule has 1 saturated heterocycles. The lowest BCUT2D eigenvalue weighted by molar-refractivity contribution is 0.102. The number of hydrogen-bond acceptors (Lipinski definition) is 9. The summed E-state index contributed by atoms with van der Waals surface area (Å²) < 4.78 is 52.5. The van der Waals surface area contributed by atoms with E-state index in [0.717, 1.165) is 10.4 Å². The van der Waals surface area contributed by atoms with E-state index < -0.39 is 38.6 Å². The van der Waals surface area contributed by atoms with Gasteiger partial charge in [0.1, 0.15) is 22.3 Å². The molecule has 170 valence electrons. The molecule has 0 saturated carbocycles. The zero-order chi connectivity index (χ0) is 23.3. The van der Waals surface area contributed by atoms with E-state index in [2.05, 4.69) is 20.3 Å². The van der Waals surface area contributed by atoms with Crippen LogP contribution in [0.5, 0.6) is 5.88 Å². The molecule has 2 aromatic rings. The SMILES string of the molecule is COc1cnc(C(=O)Nc2ccc(F)c([C@]34CO[C@@H](C)[C@@H]3S(=O)(=O)N(C)C(N)=N4)c2)cn1. The van der Waals surface area contributed by atoms with Crippen molar-refractivity contribution in [3.8, 4) is 5.88 Å². The van der Waals surface area contributed by atoms with Gasteiger partial charge in [0.2, 0.25) is 21.9 Å². The van der Waals surface area contributed by atoms with Crippen molar-refractivity contribution in [2.75, 3.05) is 26.1 Å². The number of carbonyl (C=O) groups is 1. The van der Waals surface area contributed by atoms with Crippen molar-refractivity contribution in [2.45, 2.75) is 23.8 Å². The van der Waals surface area contributed by atoms with Gasteiger partial charge in [0.25, 0.3) is 5.91 Å². The van der Waals surface area contributed by atoms with Gasteiger partial charge in [0.05, 0.1) is 32.2 Å². The number of rotatable bonds is 4. The summed E-state index contributed by atoms with van der Waals surface area (Å²) in [5.74, 6) is -1.33. The topological polar surface area (TPSA) is 149 Å². The van der Waals surface area contributed by atoms with Crippen LogP contribution in [0.15, 0.2) is 35.6 Å². The number of benzene rings is 1. The minimum Gasteiger partial charge on any atom is -0.480 e. The van der Waals surface area contributed by atoms with Crippen LogP contribution in [0.1, 0.15) is 23.0 Å². The summed E-state index contributed by atoms with van der Waals surface area (Å²) in [5, 5.41) is 1.41. The molecule has 1 amide bonds. The Balaban J connectivity index is 1.74. The minimum atomic E-state index is -3.98. The van der Waals surface area contributed by atoms with Gasteiger partial charge in [0, 0.05) is 18.3 Å². The molecule has 0 bridgehead atoms. The monoisotopic (exact) mass is 464 g/mol. The summed E-state index contributed by atoms with van der Waals surface area (Å²) in [4.78, 5) is 24.8. The van der Waals surface area contributed by atoms with Gasteiger partial charge in [-0.2, -0.15) is 0 Å². The van der Waals surface area contributed by atoms with E-state index in [-0.39, 0.29) is 35.4 Å². The first kappa shape index (κ1) is 21.9. The van der Waals surface area contributed by atoms with Crippen molar-refractivity contribution in [1.82, 2.24) is 14.3 Å². The number of carbonyl (C=O) groups excluding carboxylic acids is 1. The van der Waals surface area contributed by atoms with Crippen LogP contribution in [-0.4, -0.2) is 66.7 Å². The fourth-order valence-electron chi connectivity index (χ4n) is 3.94. The van der Waals surface area contributed by atoms with Gasteiger partial charge >= 0.3 is 0 Å². The van der Waals surface area contributed by atoms with Crippen LogP contribution < -0.4 is 15.8 Å². The third-order valence-corrected chi connectivity index (χ3v) is 7.93. The first-order valence-electron chi connectivity index (χ1n) is 9.52. The molecule has 3 N–H and O–H groups in total. The third kappa shape index (κ3) is 3.33. The van der Waals surface area contributed by atoms with Crippen LogP contribution in [-0.2, 0) is 20.3 Å². The number of nitrogens with zero attached hydrogens (tertiary/aromatic N) is 4. The molecule has 32 heavy (non-hydrogen) atoms. The van der Waals surface area contributed by atoms with Crippen molar-refractivity contribution in [3.63, 3.8) is 0 Å². The number of guanidine groups is 1. The summed E-state index contributed by atoms with van der Waals surface area (Å²) in [6.07, 6.45) is 1.76. The molecular weight excluding hydrogens is 443 g/mol. The molecule has 3 atom stereocenters. The number of nitrogens with two attached hydrogens (primary N) is 1. The van der Waals surface area contributed by atoms with E-state index in [4.69, 9.17) is 15.2 Å². The van der Waals surface area contributed by atoms with Gasteiger partial charge in [-0.1, -0.05) is 0 Å². The first-order chi connectivity index (χ1) is 15.1. The number of aromatic nitrogens is 2. The molecule has 1 aromatic carbocycles. The van der Waals surface area contributed by atoms with Gasteiger partial charge in [-0.3, -0.25) is 4.79 Å². The highest BCUT2D eigenvalue weighted by Crippen LogP contribution is 2.46. The van der Waals surface area contributed by atoms with E-state index in [1.807, 2.05) is 0 Å². The highest BCUT2D eigenvalue weighted by atomic mass is 32.2. The van der Waals surface area contributed by atoms with E-state index in [9.17, 15) is 13.2 Å². The normalized spacial score (nSPS) is 26.2. The van der Waals surface area contributed by atoms with Gasteiger partial charge in [-0.15, -0.1) is 0 Å². The molecule has 0 spiro atoms. The summed E-state index contributed by atoms with van der Waals surface area (Å²) >= 11 is 0. The molecule has 0 radical (unpaired) electrons. The zero-order valence-corrected chi connectivity index (χ0v) is 18.3. The Labute approximate surface area is 183 Å².